The molecule has 0 aliphatic carbocycles. The molecule has 1 unspecified atom stereocenters. The first-order chi connectivity index (χ1) is 17.6. The van der Waals surface area contributed by atoms with Gasteiger partial charge in [-0.25, -0.2) is 4.98 Å². The minimum absolute atomic E-state index is 0.000269. The molecule has 0 saturated carbocycles. The number of amides is 1. The number of aromatic nitrogens is 1. The molecule has 1 N–H and O–H groups in total. The van der Waals surface area contributed by atoms with Crippen molar-refractivity contribution in [2.75, 3.05) is 13.1 Å². The van der Waals surface area contributed by atoms with Crippen molar-refractivity contribution < 1.29 is 22.7 Å². The van der Waals surface area contributed by atoms with E-state index in [4.69, 9.17) is 4.74 Å². The van der Waals surface area contributed by atoms with Gasteiger partial charge >= 0.3 is 6.18 Å². The Labute approximate surface area is 213 Å². The van der Waals surface area contributed by atoms with E-state index in [2.05, 4.69) is 21.3 Å². The number of likely N-dealkylation sites (tertiary alicyclic amines) is 1. The van der Waals surface area contributed by atoms with Gasteiger partial charge in [-0.15, -0.1) is 0 Å². The van der Waals surface area contributed by atoms with Crippen molar-refractivity contribution in [1.29, 1.82) is 5.26 Å². The summed E-state index contributed by atoms with van der Waals surface area (Å²) in [6.45, 7) is 5.09. The Kier molecular flexibility index (Phi) is 7.79. The zero-order valence-electron chi connectivity index (χ0n) is 20.5. The molecule has 1 aliphatic heterocycles. The average Bonchev–Trinajstić information content (AvgIpc) is 3.32. The predicted molar refractivity (Wildman–Crippen MR) is 132 cm³/mol. The number of rotatable bonds is 7. The van der Waals surface area contributed by atoms with Crippen molar-refractivity contribution in [2.24, 2.45) is 0 Å². The third kappa shape index (κ3) is 6.46. The van der Waals surface area contributed by atoms with Gasteiger partial charge in [0.25, 0.3) is 5.91 Å². The van der Waals surface area contributed by atoms with Crippen molar-refractivity contribution >= 4 is 5.91 Å². The van der Waals surface area contributed by atoms with Crippen LogP contribution >= 0.6 is 0 Å². The molecule has 1 saturated heterocycles. The number of benzene rings is 2. The zero-order chi connectivity index (χ0) is 26.6. The number of nitriles is 1. The minimum atomic E-state index is -4.45. The highest BCUT2D eigenvalue weighted by Gasteiger charge is 2.32. The number of carbonyl (C=O) groups excluding carboxylic acids is 1. The fourth-order valence-corrected chi connectivity index (χ4v) is 4.44. The fourth-order valence-electron chi connectivity index (χ4n) is 4.44. The standard InChI is InChI=1S/C28H27F3N4O2/c1-18(2)37-25-12-9-22(16-33-25)26(20-5-3-19(15-32)4-6-20)35-14-13-24(17-35)34-27(36)21-7-10-23(11-8-21)28(29,30)31/h3-12,16,18,24,26H,13-14,17H2,1-2H3,(H,34,36)/t24-,26?/m1/s1. The maximum absolute atomic E-state index is 12.8. The van der Waals surface area contributed by atoms with Gasteiger partial charge in [-0.2, -0.15) is 18.4 Å². The summed E-state index contributed by atoms with van der Waals surface area (Å²) in [5.74, 6) is 0.118. The number of nitrogens with zero attached hydrogens (tertiary/aromatic N) is 3. The molecule has 0 spiro atoms. The highest BCUT2D eigenvalue weighted by Crippen LogP contribution is 2.33. The summed E-state index contributed by atoms with van der Waals surface area (Å²) in [4.78, 5) is 19.4. The van der Waals surface area contributed by atoms with Crippen LogP contribution in [-0.4, -0.2) is 41.0 Å². The Balaban J connectivity index is 1.50. The summed E-state index contributed by atoms with van der Waals surface area (Å²) in [7, 11) is 0. The maximum Gasteiger partial charge on any atom is 0.416 e. The number of halogens is 3. The quantitative estimate of drug-likeness (QED) is 0.465. The van der Waals surface area contributed by atoms with Gasteiger partial charge in [-0.3, -0.25) is 9.69 Å². The van der Waals surface area contributed by atoms with E-state index >= 15 is 0 Å². The van der Waals surface area contributed by atoms with Gasteiger partial charge in [-0.05, 0) is 67.8 Å². The van der Waals surface area contributed by atoms with E-state index in [-0.39, 0.29) is 23.8 Å². The summed E-state index contributed by atoms with van der Waals surface area (Å²) in [6, 6.07) is 17.2. The second-order valence-corrected chi connectivity index (χ2v) is 9.26. The van der Waals surface area contributed by atoms with Gasteiger partial charge in [0.1, 0.15) is 0 Å². The minimum Gasteiger partial charge on any atom is -0.475 e. The summed E-state index contributed by atoms with van der Waals surface area (Å²) >= 11 is 0. The van der Waals surface area contributed by atoms with E-state index in [0.717, 1.165) is 23.3 Å². The number of carbonyl (C=O) groups is 1. The molecule has 2 atom stereocenters. The summed E-state index contributed by atoms with van der Waals surface area (Å²) in [5.41, 5.74) is 1.87. The molecule has 1 aromatic heterocycles. The third-order valence-electron chi connectivity index (χ3n) is 6.18. The largest absolute Gasteiger partial charge is 0.475 e. The van der Waals surface area contributed by atoms with E-state index in [9.17, 15) is 23.2 Å². The van der Waals surface area contributed by atoms with E-state index in [0.29, 0.717) is 31.0 Å². The number of alkyl halides is 3. The number of nitrogens with one attached hydrogen (secondary N) is 1. The van der Waals surface area contributed by atoms with Crippen LogP contribution < -0.4 is 10.1 Å². The molecule has 2 aromatic carbocycles. The van der Waals surface area contributed by atoms with Crippen LogP contribution in [0.3, 0.4) is 0 Å². The van der Waals surface area contributed by atoms with Crippen LogP contribution in [0.2, 0.25) is 0 Å². The highest BCUT2D eigenvalue weighted by atomic mass is 19.4. The molecule has 9 heteroatoms. The Hall–Kier alpha value is -3.90. The van der Waals surface area contributed by atoms with Gasteiger partial charge in [-0.1, -0.05) is 18.2 Å². The second-order valence-electron chi connectivity index (χ2n) is 9.26. The summed E-state index contributed by atoms with van der Waals surface area (Å²) < 4.78 is 44.2. The van der Waals surface area contributed by atoms with Gasteiger partial charge in [0, 0.05) is 37.0 Å². The smallest absolute Gasteiger partial charge is 0.416 e. The molecule has 1 amide bonds. The maximum atomic E-state index is 12.8. The highest BCUT2D eigenvalue weighted by molar-refractivity contribution is 5.94. The zero-order valence-corrected chi connectivity index (χ0v) is 20.5. The first-order valence-electron chi connectivity index (χ1n) is 12.0. The molecular formula is C28H27F3N4O2. The average molecular weight is 509 g/mol. The van der Waals surface area contributed by atoms with Gasteiger partial charge in [0.05, 0.1) is 29.3 Å². The topological polar surface area (TPSA) is 78.2 Å². The lowest BCUT2D eigenvalue weighted by atomic mass is 9.97. The number of ether oxygens (including phenoxy) is 1. The molecule has 3 aromatic rings. The van der Waals surface area contributed by atoms with E-state index in [1.807, 2.05) is 38.1 Å². The van der Waals surface area contributed by atoms with E-state index in [1.165, 1.54) is 12.1 Å². The van der Waals surface area contributed by atoms with Gasteiger partial charge in [0.15, 0.2) is 0 Å². The molecule has 4 rings (SSSR count). The summed E-state index contributed by atoms with van der Waals surface area (Å²) in [5, 5.41) is 12.1. The molecular weight excluding hydrogens is 481 g/mol. The number of hydrogen-bond donors (Lipinski definition) is 1. The van der Waals surface area contributed by atoms with Crippen molar-refractivity contribution in [2.45, 2.75) is 44.6 Å². The first-order valence-corrected chi connectivity index (χ1v) is 12.0. The van der Waals surface area contributed by atoms with E-state index < -0.39 is 17.6 Å². The first kappa shape index (κ1) is 26.2. The third-order valence-corrected chi connectivity index (χ3v) is 6.18. The molecule has 192 valence electrons. The molecule has 1 aliphatic rings. The normalized spacial score (nSPS) is 16.8. The molecule has 6 nitrogen and oxygen atoms in total. The van der Waals surface area contributed by atoms with Crippen LogP contribution in [0.4, 0.5) is 13.2 Å². The van der Waals surface area contributed by atoms with Crippen molar-refractivity contribution in [3.8, 4) is 11.9 Å². The van der Waals surface area contributed by atoms with Gasteiger partial charge < -0.3 is 10.1 Å². The molecule has 37 heavy (non-hydrogen) atoms. The Morgan fingerprint density at radius 3 is 2.32 bits per heavy atom. The van der Waals surface area contributed by atoms with Crippen molar-refractivity contribution in [1.82, 2.24) is 15.2 Å². The lowest BCUT2D eigenvalue weighted by Crippen LogP contribution is -2.38. The molecule has 0 bridgehead atoms. The second kappa shape index (κ2) is 11.0. The van der Waals surface area contributed by atoms with Crippen LogP contribution in [-0.2, 0) is 6.18 Å². The monoisotopic (exact) mass is 508 g/mol. The summed E-state index contributed by atoms with van der Waals surface area (Å²) in [6.07, 6.45) is -1.99. The molecule has 0 radical (unpaired) electrons. The lowest BCUT2D eigenvalue weighted by Gasteiger charge is -2.29. The van der Waals surface area contributed by atoms with Crippen LogP contribution in [0.15, 0.2) is 66.9 Å². The Morgan fingerprint density at radius 2 is 1.76 bits per heavy atom. The van der Waals surface area contributed by atoms with Crippen LogP contribution in [0.25, 0.3) is 0 Å². The predicted octanol–water partition coefficient (Wildman–Crippen LogP) is 5.35. The SMILES string of the molecule is CC(C)Oc1ccc(C(c2ccc(C#N)cc2)N2CC[C@@H](NC(=O)c3ccc(C(F)(F)F)cc3)C2)cn1. The van der Waals surface area contributed by atoms with Crippen LogP contribution in [0.1, 0.15) is 58.9 Å². The lowest BCUT2D eigenvalue weighted by molar-refractivity contribution is -0.137. The van der Waals surface area contributed by atoms with Gasteiger partial charge in [0.2, 0.25) is 5.88 Å². The van der Waals surface area contributed by atoms with Crippen LogP contribution in [0, 0.1) is 11.3 Å². The number of pyridine rings is 1. The van der Waals surface area contributed by atoms with E-state index in [1.54, 1.807) is 18.3 Å². The van der Waals surface area contributed by atoms with Crippen LogP contribution in [0.5, 0.6) is 5.88 Å². The van der Waals surface area contributed by atoms with Crippen molar-refractivity contribution in [3.05, 3.63) is 94.7 Å². The molecule has 2 heterocycles. The Morgan fingerprint density at radius 1 is 1.08 bits per heavy atom. The number of hydrogen-bond acceptors (Lipinski definition) is 5. The van der Waals surface area contributed by atoms with Crippen molar-refractivity contribution in [3.63, 3.8) is 0 Å². The Bertz CT molecular complexity index is 1250. The fraction of sp³-hybridized carbons (Fsp3) is 0.321. The molecule has 1 fully saturated rings.